The molecule has 1 fully saturated rings. The van der Waals surface area contributed by atoms with E-state index < -0.39 is 5.92 Å². The summed E-state index contributed by atoms with van der Waals surface area (Å²) < 4.78 is 0.838. The Morgan fingerprint density at radius 2 is 2.07 bits per heavy atom. The SMILES string of the molecule is O=C(Nc1cccc(-c2ncc[nH]2)c1)C1CCN(c2ccccc2Br)C1=O. The zero-order valence-corrected chi connectivity index (χ0v) is 15.9. The summed E-state index contributed by atoms with van der Waals surface area (Å²) in [7, 11) is 0. The van der Waals surface area contributed by atoms with Gasteiger partial charge in [0.05, 0.1) is 5.69 Å². The number of imidazole rings is 1. The Bertz CT molecular complexity index is 987. The molecule has 0 aliphatic carbocycles. The molecule has 1 saturated heterocycles. The zero-order chi connectivity index (χ0) is 18.8. The molecule has 3 aromatic rings. The molecule has 1 aliphatic rings. The van der Waals surface area contributed by atoms with Crippen LogP contribution in [0.3, 0.4) is 0 Å². The number of hydrogen-bond donors (Lipinski definition) is 2. The normalized spacial score (nSPS) is 16.6. The van der Waals surface area contributed by atoms with Crippen molar-refractivity contribution in [2.45, 2.75) is 6.42 Å². The quantitative estimate of drug-likeness (QED) is 0.624. The highest BCUT2D eigenvalue weighted by Gasteiger charge is 2.38. The van der Waals surface area contributed by atoms with E-state index in [1.54, 1.807) is 23.4 Å². The van der Waals surface area contributed by atoms with Crippen molar-refractivity contribution in [3.8, 4) is 11.4 Å². The van der Waals surface area contributed by atoms with Gasteiger partial charge in [0.2, 0.25) is 11.8 Å². The molecule has 1 unspecified atom stereocenters. The maximum absolute atomic E-state index is 12.8. The Balaban J connectivity index is 1.49. The summed E-state index contributed by atoms with van der Waals surface area (Å²) in [6, 6.07) is 14.9. The molecule has 1 aliphatic heterocycles. The summed E-state index contributed by atoms with van der Waals surface area (Å²) in [5, 5.41) is 2.86. The Morgan fingerprint density at radius 1 is 1.22 bits per heavy atom. The smallest absolute Gasteiger partial charge is 0.239 e. The van der Waals surface area contributed by atoms with Crippen molar-refractivity contribution >= 4 is 39.1 Å². The van der Waals surface area contributed by atoms with Gasteiger partial charge in [0, 0.05) is 34.7 Å². The highest BCUT2D eigenvalue weighted by Crippen LogP contribution is 2.32. The molecule has 7 heteroatoms. The number of rotatable bonds is 4. The first-order valence-corrected chi connectivity index (χ1v) is 9.39. The van der Waals surface area contributed by atoms with Crippen LogP contribution in [0.2, 0.25) is 0 Å². The number of hydrogen-bond acceptors (Lipinski definition) is 3. The van der Waals surface area contributed by atoms with Gasteiger partial charge >= 0.3 is 0 Å². The Morgan fingerprint density at radius 3 is 2.85 bits per heavy atom. The average Bonchev–Trinajstić information content (AvgIpc) is 3.32. The van der Waals surface area contributed by atoms with Crippen LogP contribution in [0.15, 0.2) is 65.4 Å². The Labute approximate surface area is 164 Å². The minimum Gasteiger partial charge on any atom is -0.345 e. The van der Waals surface area contributed by atoms with E-state index in [1.807, 2.05) is 42.5 Å². The average molecular weight is 425 g/mol. The maximum atomic E-state index is 12.8. The van der Waals surface area contributed by atoms with E-state index in [9.17, 15) is 9.59 Å². The molecule has 136 valence electrons. The Kier molecular flexibility index (Phi) is 4.77. The highest BCUT2D eigenvalue weighted by molar-refractivity contribution is 9.10. The molecule has 0 bridgehead atoms. The number of anilines is 2. The van der Waals surface area contributed by atoms with E-state index in [-0.39, 0.29) is 11.8 Å². The van der Waals surface area contributed by atoms with Gasteiger partial charge in [-0.05, 0) is 46.6 Å². The number of carbonyl (C=O) groups is 2. The minimum atomic E-state index is -0.690. The number of nitrogens with zero attached hydrogens (tertiary/aromatic N) is 2. The molecule has 2 N–H and O–H groups in total. The second-order valence-electron chi connectivity index (χ2n) is 6.29. The van der Waals surface area contributed by atoms with Crippen molar-refractivity contribution in [3.05, 3.63) is 65.4 Å². The third-order valence-corrected chi connectivity index (χ3v) is 5.24. The van der Waals surface area contributed by atoms with E-state index >= 15 is 0 Å². The molecule has 2 heterocycles. The monoisotopic (exact) mass is 424 g/mol. The minimum absolute atomic E-state index is 0.179. The van der Waals surface area contributed by atoms with Crippen LogP contribution < -0.4 is 10.2 Å². The van der Waals surface area contributed by atoms with E-state index in [4.69, 9.17) is 0 Å². The molecule has 2 aromatic carbocycles. The van der Waals surface area contributed by atoms with Crippen molar-refractivity contribution in [1.29, 1.82) is 0 Å². The van der Waals surface area contributed by atoms with Crippen molar-refractivity contribution in [2.24, 2.45) is 5.92 Å². The second kappa shape index (κ2) is 7.36. The van der Waals surface area contributed by atoms with Crippen LogP contribution in [0, 0.1) is 5.92 Å². The van der Waals surface area contributed by atoms with E-state index in [0.717, 1.165) is 21.5 Å². The molecule has 6 nitrogen and oxygen atoms in total. The van der Waals surface area contributed by atoms with Crippen molar-refractivity contribution in [1.82, 2.24) is 9.97 Å². The lowest BCUT2D eigenvalue weighted by Gasteiger charge is -2.18. The largest absolute Gasteiger partial charge is 0.345 e. The van der Waals surface area contributed by atoms with Crippen LogP contribution >= 0.6 is 15.9 Å². The molecule has 2 amide bonds. The summed E-state index contributed by atoms with van der Waals surface area (Å²) in [5.74, 6) is -0.430. The molecule has 4 rings (SSSR count). The van der Waals surface area contributed by atoms with Gasteiger partial charge in [0.15, 0.2) is 0 Å². The molecule has 0 spiro atoms. The number of carbonyl (C=O) groups excluding carboxylic acids is 2. The molecule has 0 saturated carbocycles. The van der Waals surface area contributed by atoms with Gasteiger partial charge in [-0.3, -0.25) is 9.59 Å². The second-order valence-corrected chi connectivity index (χ2v) is 7.14. The van der Waals surface area contributed by atoms with Gasteiger partial charge in [-0.25, -0.2) is 4.98 Å². The predicted molar refractivity (Wildman–Crippen MR) is 107 cm³/mol. The van der Waals surface area contributed by atoms with Gasteiger partial charge in [0.25, 0.3) is 0 Å². The number of H-pyrrole nitrogens is 1. The number of halogens is 1. The van der Waals surface area contributed by atoms with Crippen LogP contribution in [-0.4, -0.2) is 28.3 Å². The fourth-order valence-electron chi connectivity index (χ4n) is 3.23. The van der Waals surface area contributed by atoms with E-state index in [1.165, 1.54) is 0 Å². The number of nitrogens with one attached hydrogen (secondary N) is 2. The number of benzene rings is 2. The van der Waals surface area contributed by atoms with Crippen LogP contribution in [0.1, 0.15) is 6.42 Å². The summed E-state index contributed by atoms with van der Waals surface area (Å²) >= 11 is 3.47. The predicted octanol–water partition coefficient (Wildman–Crippen LogP) is 3.83. The molecule has 27 heavy (non-hydrogen) atoms. The van der Waals surface area contributed by atoms with Crippen LogP contribution in [0.5, 0.6) is 0 Å². The first-order valence-electron chi connectivity index (χ1n) is 8.60. The summed E-state index contributed by atoms with van der Waals surface area (Å²) in [6.07, 6.45) is 3.91. The van der Waals surface area contributed by atoms with E-state index in [0.29, 0.717) is 18.7 Å². The van der Waals surface area contributed by atoms with Crippen LogP contribution in [0.25, 0.3) is 11.4 Å². The van der Waals surface area contributed by atoms with Gasteiger partial charge < -0.3 is 15.2 Å². The van der Waals surface area contributed by atoms with Crippen LogP contribution in [-0.2, 0) is 9.59 Å². The lowest BCUT2D eigenvalue weighted by Crippen LogP contribution is -2.33. The van der Waals surface area contributed by atoms with Crippen molar-refractivity contribution in [3.63, 3.8) is 0 Å². The number of aromatic nitrogens is 2. The van der Waals surface area contributed by atoms with E-state index in [2.05, 4.69) is 31.2 Å². The fraction of sp³-hybridized carbons (Fsp3) is 0.150. The summed E-state index contributed by atoms with van der Waals surface area (Å²) in [6.45, 7) is 0.520. The standard InChI is InChI=1S/C20H17BrN4O2/c21-16-6-1-2-7-17(16)25-11-8-15(20(25)27)19(26)24-14-5-3-4-13(12-14)18-22-9-10-23-18/h1-7,9-10,12,15H,8,11H2,(H,22,23)(H,24,26). The zero-order valence-electron chi connectivity index (χ0n) is 14.4. The summed E-state index contributed by atoms with van der Waals surface area (Å²) in [5.41, 5.74) is 2.30. The van der Waals surface area contributed by atoms with Gasteiger partial charge in [-0.15, -0.1) is 0 Å². The summed E-state index contributed by atoms with van der Waals surface area (Å²) in [4.78, 5) is 34.4. The fourth-order valence-corrected chi connectivity index (χ4v) is 3.73. The lowest BCUT2D eigenvalue weighted by molar-refractivity contribution is -0.129. The molecular formula is C20H17BrN4O2. The third kappa shape index (κ3) is 3.50. The van der Waals surface area contributed by atoms with Gasteiger partial charge in [0.1, 0.15) is 11.7 Å². The molecular weight excluding hydrogens is 408 g/mol. The topological polar surface area (TPSA) is 78.1 Å². The van der Waals surface area contributed by atoms with Crippen LogP contribution in [0.4, 0.5) is 11.4 Å². The van der Waals surface area contributed by atoms with Gasteiger partial charge in [-0.1, -0.05) is 24.3 Å². The molecule has 1 atom stereocenters. The van der Waals surface area contributed by atoms with Crippen molar-refractivity contribution in [2.75, 3.05) is 16.8 Å². The number of amides is 2. The molecule has 0 radical (unpaired) electrons. The number of para-hydroxylation sites is 1. The molecule has 1 aromatic heterocycles. The maximum Gasteiger partial charge on any atom is 0.239 e. The van der Waals surface area contributed by atoms with Gasteiger partial charge in [-0.2, -0.15) is 0 Å². The Hall–Kier alpha value is -2.93. The third-order valence-electron chi connectivity index (χ3n) is 4.57. The van der Waals surface area contributed by atoms with Crippen molar-refractivity contribution < 1.29 is 9.59 Å². The lowest BCUT2D eigenvalue weighted by atomic mass is 10.1. The highest BCUT2D eigenvalue weighted by atomic mass is 79.9. The first-order chi connectivity index (χ1) is 13.1. The first kappa shape index (κ1) is 17.5. The number of aromatic amines is 1.